The third kappa shape index (κ3) is 4.32. The minimum Gasteiger partial charge on any atom is -0.351 e. The normalized spacial score (nSPS) is 12.8. The number of carbonyl (C=O) groups excluding carboxylic acids is 1. The molecule has 0 bridgehead atoms. The van der Waals surface area contributed by atoms with E-state index in [0.717, 1.165) is 17.0 Å². The average Bonchev–Trinajstić information content (AvgIpc) is 2.79. The molecule has 2 rings (SSSR count). The monoisotopic (exact) mass is 326 g/mol. The van der Waals surface area contributed by atoms with Crippen LogP contribution in [0.2, 0.25) is 0 Å². The first-order chi connectivity index (χ1) is 11.4. The molecule has 1 amide bonds. The highest BCUT2D eigenvalue weighted by atomic mass is 16.1. The fourth-order valence-electron chi connectivity index (χ4n) is 2.72. The van der Waals surface area contributed by atoms with Gasteiger partial charge in [-0.15, -0.1) is 0 Å². The van der Waals surface area contributed by atoms with Crippen LogP contribution in [0.25, 0.3) is 6.08 Å². The summed E-state index contributed by atoms with van der Waals surface area (Å²) in [5.74, 6) is -0.0968. The van der Waals surface area contributed by atoms with Crippen molar-refractivity contribution in [1.82, 2.24) is 20.0 Å². The lowest BCUT2D eigenvalue weighted by Gasteiger charge is -2.24. The van der Waals surface area contributed by atoms with Crippen LogP contribution >= 0.6 is 0 Å². The second-order valence-electron chi connectivity index (χ2n) is 6.18. The Balaban J connectivity index is 2.00. The Hall–Kier alpha value is -2.40. The quantitative estimate of drug-likeness (QED) is 0.830. The van der Waals surface area contributed by atoms with Crippen LogP contribution in [0.3, 0.4) is 0 Å². The van der Waals surface area contributed by atoms with Gasteiger partial charge >= 0.3 is 0 Å². The van der Waals surface area contributed by atoms with Crippen LogP contribution in [-0.4, -0.2) is 41.2 Å². The van der Waals surface area contributed by atoms with Crippen LogP contribution in [0.4, 0.5) is 0 Å². The summed E-state index contributed by atoms with van der Waals surface area (Å²) in [5.41, 5.74) is 4.16. The SMILES string of the molecule is Cc1nn(C)c(C)c1C=CC(=O)NCC(c1ccccc1)N(C)C. The van der Waals surface area contributed by atoms with E-state index in [1.54, 1.807) is 6.08 Å². The van der Waals surface area contributed by atoms with E-state index in [9.17, 15) is 4.79 Å². The molecule has 5 heteroatoms. The molecule has 24 heavy (non-hydrogen) atoms. The van der Waals surface area contributed by atoms with E-state index in [0.29, 0.717) is 6.54 Å². The van der Waals surface area contributed by atoms with Crippen LogP contribution in [0.15, 0.2) is 36.4 Å². The number of hydrogen-bond donors (Lipinski definition) is 1. The fraction of sp³-hybridized carbons (Fsp3) is 0.368. The molecular formula is C19H26N4O. The molecule has 1 atom stereocenters. The molecule has 0 fully saturated rings. The number of aryl methyl sites for hydroxylation is 2. The Bertz CT molecular complexity index is 716. The first kappa shape index (κ1) is 17.9. The molecule has 1 N–H and O–H groups in total. The van der Waals surface area contributed by atoms with Gasteiger partial charge in [-0.25, -0.2) is 0 Å². The molecule has 0 saturated heterocycles. The van der Waals surface area contributed by atoms with E-state index in [1.165, 1.54) is 5.56 Å². The maximum absolute atomic E-state index is 12.2. The van der Waals surface area contributed by atoms with Gasteiger partial charge in [0.2, 0.25) is 5.91 Å². The molecule has 1 aromatic heterocycles. The topological polar surface area (TPSA) is 50.2 Å². The van der Waals surface area contributed by atoms with Crippen molar-refractivity contribution in [3.05, 3.63) is 58.9 Å². The van der Waals surface area contributed by atoms with Gasteiger partial charge in [0, 0.05) is 30.9 Å². The van der Waals surface area contributed by atoms with E-state index < -0.39 is 0 Å². The van der Waals surface area contributed by atoms with Crippen molar-refractivity contribution < 1.29 is 4.79 Å². The highest BCUT2D eigenvalue weighted by molar-refractivity contribution is 5.92. The lowest BCUT2D eigenvalue weighted by molar-refractivity contribution is -0.116. The molecule has 0 aliphatic carbocycles. The average molecular weight is 326 g/mol. The second kappa shape index (κ2) is 7.93. The van der Waals surface area contributed by atoms with Gasteiger partial charge in [0.25, 0.3) is 0 Å². The second-order valence-corrected chi connectivity index (χ2v) is 6.18. The van der Waals surface area contributed by atoms with Crippen LogP contribution in [0, 0.1) is 13.8 Å². The Morgan fingerprint density at radius 2 is 1.96 bits per heavy atom. The van der Waals surface area contributed by atoms with E-state index in [1.807, 2.05) is 63.9 Å². The van der Waals surface area contributed by atoms with Gasteiger partial charge in [-0.3, -0.25) is 9.48 Å². The molecule has 128 valence electrons. The number of aromatic nitrogens is 2. The van der Waals surface area contributed by atoms with Crippen LogP contribution in [-0.2, 0) is 11.8 Å². The summed E-state index contributed by atoms with van der Waals surface area (Å²) in [6.07, 6.45) is 3.41. The number of likely N-dealkylation sites (N-methyl/N-ethyl adjacent to an activating group) is 1. The lowest BCUT2D eigenvalue weighted by Crippen LogP contribution is -2.33. The van der Waals surface area contributed by atoms with Crippen molar-refractivity contribution in [2.45, 2.75) is 19.9 Å². The largest absolute Gasteiger partial charge is 0.351 e. The van der Waals surface area contributed by atoms with Crippen LogP contribution < -0.4 is 5.32 Å². The summed E-state index contributed by atoms with van der Waals surface area (Å²) in [6, 6.07) is 10.3. The van der Waals surface area contributed by atoms with Gasteiger partial charge < -0.3 is 10.2 Å². The fourth-order valence-corrected chi connectivity index (χ4v) is 2.72. The summed E-state index contributed by atoms with van der Waals surface area (Å²) < 4.78 is 1.82. The van der Waals surface area contributed by atoms with Gasteiger partial charge in [-0.2, -0.15) is 5.10 Å². The number of benzene rings is 1. The number of rotatable bonds is 6. The van der Waals surface area contributed by atoms with Gasteiger partial charge in [-0.05, 0) is 39.6 Å². The zero-order valence-corrected chi connectivity index (χ0v) is 15.1. The number of amides is 1. The molecule has 0 spiro atoms. The van der Waals surface area contributed by atoms with Gasteiger partial charge in [-0.1, -0.05) is 30.3 Å². The van der Waals surface area contributed by atoms with Gasteiger partial charge in [0.15, 0.2) is 0 Å². The van der Waals surface area contributed by atoms with Gasteiger partial charge in [0.05, 0.1) is 11.7 Å². The Labute approximate surface area is 144 Å². The summed E-state index contributed by atoms with van der Waals surface area (Å²) >= 11 is 0. The van der Waals surface area contributed by atoms with E-state index in [2.05, 4.69) is 27.4 Å². The Morgan fingerprint density at radius 1 is 1.29 bits per heavy atom. The molecule has 5 nitrogen and oxygen atoms in total. The molecule has 2 aromatic rings. The van der Waals surface area contributed by atoms with E-state index >= 15 is 0 Å². The molecule has 1 heterocycles. The highest BCUT2D eigenvalue weighted by Gasteiger charge is 2.14. The molecule has 1 aromatic carbocycles. The van der Waals surface area contributed by atoms with Crippen molar-refractivity contribution in [2.75, 3.05) is 20.6 Å². The minimum atomic E-state index is -0.0968. The summed E-state index contributed by atoms with van der Waals surface area (Å²) in [6.45, 7) is 4.50. The number of nitrogens with one attached hydrogen (secondary N) is 1. The van der Waals surface area contributed by atoms with Crippen molar-refractivity contribution in [2.24, 2.45) is 7.05 Å². The zero-order valence-electron chi connectivity index (χ0n) is 15.1. The lowest BCUT2D eigenvalue weighted by atomic mass is 10.1. The van der Waals surface area contributed by atoms with E-state index in [-0.39, 0.29) is 11.9 Å². The predicted molar refractivity (Wildman–Crippen MR) is 97.6 cm³/mol. The highest BCUT2D eigenvalue weighted by Crippen LogP contribution is 2.17. The summed E-state index contributed by atoms with van der Waals surface area (Å²) in [7, 11) is 5.94. The molecular weight excluding hydrogens is 300 g/mol. The number of carbonyl (C=O) groups is 1. The van der Waals surface area contributed by atoms with Gasteiger partial charge in [0.1, 0.15) is 0 Å². The summed E-state index contributed by atoms with van der Waals surface area (Å²) in [5, 5.41) is 7.34. The third-order valence-electron chi connectivity index (χ3n) is 4.24. The Kier molecular flexibility index (Phi) is 5.93. The maximum atomic E-state index is 12.2. The molecule has 0 saturated carbocycles. The maximum Gasteiger partial charge on any atom is 0.244 e. The standard InChI is InChI=1S/C19H26N4O/c1-14-17(15(2)23(5)21-14)11-12-19(24)20-13-18(22(3)4)16-9-7-6-8-10-16/h6-12,18H,13H2,1-5H3,(H,20,24). The van der Waals surface area contributed by atoms with Crippen molar-refractivity contribution in [1.29, 1.82) is 0 Å². The number of nitrogens with zero attached hydrogens (tertiary/aromatic N) is 3. The van der Waals surface area contributed by atoms with Crippen LogP contribution in [0.1, 0.15) is 28.6 Å². The van der Waals surface area contributed by atoms with E-state index in [4.69, 9.17) is 0 Å². The molecule has 0 aliphatic rings. The van der Waals surface area contributed by atoms with Crippen molar-refractivity contribution in [3.8, 4) is 0 Å². The molecule has 1 unspecified atom stereocenters. The van der Waals surface area contributed by atoms with Crippen molar-refractivity contribution in [3.63, 3.8) is 0 Å². The Morgan fingerprint density at radius 3 is 2.50 bits per heavy atom. The minimum absolute atomic E-state index is 0.0968. The van der Waals surface area contributed by atoms with Crippen LogP contribution in [0.5, 0.6) is 0 Å². The first-order valence-corrected chi connectivity index (χ1v) is 8.07. The predicted octanol–water partition coefficient (Wildman–Crippen LogP) is 2.47. The molecule has 0 radical (unpaired) electrons. The number of hydrogen-bond acceptors (Lipinski definition) is 3. The third-order valence-corrected chi connectivity index (χ3v) is 4.24. The first-order valence-electron chi connectivity index (χ1n) is 8.07. The summed E-state index contributed by atoms with van der Waals surface area (Å²) in [4.78, 5) is 14.3. The molecule has 0 aliphatic heterocycles. The smallest absolute Gasteiger partial charge is 0.244 e. The zero-order chi connectivity index (χ0) is 17.7. The van der Waals surface area contributed by atoms with Crippen molar-refractivity contribution >= 4 is 12.0 Å².